The first-order valence-corrected chi connectivity index (χ1v) is 9.67. The molecule has 1 aliphatic rings. The Kier molecular flexibility index (Phi) is 8.95. The minimum atomic E-state index is -0.249. The van der Waals surface area contributed by atoms with E-state index < -0.39 is 0 Å². The molecule has 2 aromatic rings. The van der Waals surface area contributed by atoms with Crippen molar-refractivity contribution in [2.75, 3.05) is 26.2 Å². The van der Waals surface area contributed by atoms with Crippen LogP contribution in [0.1, 0.15) is 44.2 Å². The number of aromatic nitrogens is 2. The lowest BCUT2D eigenvalue weighted by Crippen LogP contribution is -2.30. The molecule has 27 heavy (non-hydrogen) atoms. The van der Waals surface area contributed by atoms with Gasteiger partial charge in [-0.15, -0.1) is 12.4 Å². The second kappa shape index (κ2) is 11.2. The minimum absolute atomic E-state index is 0. The van der Waals surface area contributed by atoms with Crippen LogP contribution in [0.15, 0.2) is 30.3 Å². The van der Waals surface area contributed by atoms with Gasteiger partial charge in [-0.3, -0.25) is 0 Å². The van der Waals surface area contributed by atoms with Crippen molar-refractivity contribution < 1.29 is 9.13 Å². The Bertz CT molecular complexity index is 690. The predicted molar refractivity (Wildman–Crippen MR) is 109 cm³/mol. The maximum absolute atomic E-state index is 13.1. The molecule has 1 saturated heterocycles. The minimum Gasteiger partial charge on any atom is -0.463 e. The van der Waals surface area contributed by atoms with E-state index in [1.807, 2.05) is 13.0 Å². The van der Waals surface area contributed by atoms with E-state index in [2.05, 4.69) is 14.9 Å². The lowest BCUT2D eigenvalue weighted by atomic mass is 10.1. The van der Waals surface area contributed by atoms with Crippen LogP contribution >= 0.6 is 12.4 Å². The topological polar surface area (TPSA) is 38.2 Å². The molecule has 2 heterocycles. The average molecular weight is 394 g/mol. The molecule has 148 valence electrons. The van der Waals surface area contributed by atoms with Crippen molar-refractivity contribution in [1.29, 1.82) is 0 Å². The second-order valence-electron chi connectivity index (χ2n) is 7.00. The average Bonchev–Trinajstić information content (AvgIpc) is 2.65. The van der Waals surface area contributed by atoms with Crippen LogP contribution in [0.5, 0.6) is 6.01 Å². The summed E-state index contributed by atoms with van der Waals surface area (Å²) < 4.78 is 18.8. The maximum Gasteiger partial charge on any atom is 0.317 e. The van der Waals surface area contributed by atoms with Gasteiger partial charge >= 0.3 is 6.01 Å². The highest BCUT2D eigenvalue weighted by Crippen LogP contribution is 2.20. The Labute approximate surface area is 167 Å². The van der Waals surface area contributed by atoms with Crippen molar-refractivity contribution in [3.8, 4) is 17.3 Å². The van der Waals surface area contributed by atoms with Crippen molar-refractivity contribution in [1.82, 2.24) is 14.9 Å². The predicted octanol–water partition coefficient (Wildman–Crippen LogP) is 5.05. The van der Waals surface area contributed by atoms with Crippen molar-refractivity contribution in [2.24, 2.45) is 0 Å². The van der Waals surface area contributed by atoms with Crippen LogP contribution in [0.4, 0.5) is 4.39 Å². The van der Waals surface area contributed by atoms with E-state index in [0.717, 1.165) is 29.8 Å². The molecule has 0 unspecified atom stereocenters. The summed E-state index contributed by atoms with van der Waals surface area (Å²) in [4.78, 5) is 11.4. The number of unbranched alkanes of at least 4 members (excludes halogenated alkanes) is 2. The van der Waals surface area contributed by atoms with Gasteiger partial charge in [0.15, 0.2) is 0 Å². The molecular weight excluding hydrogens is 365 g/mol. The maximum atomic E-state index is 13.1. The van der Waals surface area contributed by atoms with Gasteiger partial charge in [0.1, 0.15) is 5.82 Å². The summed E-state index contributed by atoms with van der Waals surface area (Å²) in [5.41, 5.74) is 2.47. The highest BCUT2D eigenvalue weighted by atomic mass is 35.5. The van der Waals surface area contributed by atoms with Crippen molar-refractivity contribution in [2.45, 2.75) is 45.4 Å². The first-order valence-electron chi connectivity index (χ1n) is 9.67. The molecule has 1 aromatic heterocycles. The molecule has 0 saturated carbocycles. The van der Waals surface area contributed by atoms with Gasteiger partial charge in [-0.05, 0) is 89.0 Å². The third kappa shape index (κ3) is 7.07. The van der Waals surface area contributed by atoms with Gasteiger partial charge in [0.05, 0.1) is 12.3 Å². The Morgan fingerprint density at radius 2 is 1.74 bits per heavy atom. The molecule has 1 fully saturated rings. The van der Waals surface area contributed by atoms with Crippen LogP contribution in [0, 0.1) is 12.7 Å². The van der Waals surface area contributed by atoms with Gasteiger partial charge in [-0.2, -0.15) is 4.98 Å². The number of nitrogens with zero attached hydrogens (tertiary/aromatic N) is 3. The third-order valence-electron chi connectivity index (χ3n) is 4.77. The van der Waals surface area contributed by atoms with Crippen LogP contribution < -0.4 is 4.74 Å². The third-order valence-corrected chi connectivity index (χ3v) is 4.77. The summed E-state index contributed by atoms with van der Waals surface area (Å²) in [6, 6.07) is 8.62. The molecule has 0 atom stereocenters. The van der Waals surface area contributed by atoms with E-state index in [0.29, 0.717) is 12.6 Å². The van der Waals surface area contributed by atoms with Gasteiger partial charge < -0.3 is 9.64 Å². The number of piperidine rings is 1. The van der Waals surface area contributed by atoms with E-state index in [1.54, 1.807) is 12.1 Å². The van der Waals surface area contributed by atoms with Gasteiger partial charge in [0, 0.05) is 11.3 Å². The Morgan fingerprint density at radius 3 is 2.48 bits per heavy atom. The molecular formula is C21H29ClFN3O. The number of ether oxygens (including phenoxy) is 1. The fraction of sp³-hybridized carbons (Fsp3) is 0.524. The van der Waals surface area contributed by atoms with E-state index >= 15 is 0 Å². The Balaban J connectivity index is 0.00000261. The molecule has 6 heteroatoms. The molecule has 0 N–H and O–H groups in total. The van der Waals surface area contributed by atoms with Crippen LogP contribution in [0.3, 0.4) is 0 Å². The number of rotatable bonds is 8. The fourth-order valence-corrected chi connectivity index (χ4v) is 3.34. The zero-order valence-corrected chi connectivity index (χ0v) is 16.8. The molecule has 1 aromatic carbocycles. The highest BCUT2D eigenvalue weighted by Gasteiger charge is 2.09. The SMILES string of the molecule is Cc1cc(-c2ccc(F)cc2)nc(OCCCCCN2CCCCC2)n1.Cl. The van der Waals surface area contributed by atoms with Crippen LogP contribution in [0.25, 0.3) is 11.3 Å². The summed E-state index contributed by atoms with van der Waals surface area (Å²) in [5, 5.41) is 0. The quantitative estimate of drug-likeness (QED) is 0.588. The van der Waals surface area contributed by atoms with Crippen molar-refractivity contribution in [3.63, 3.8) is 0 Å². The largest absolute Gasteiger partial charge is 0.463 e. The van der Waals surface area contributed by atoms with E-state index in [1.165, 1.54) is 57.5 Å². The first-order chi connectivity index (χ1) is 12.7. The standard InChI is InChI=1S/C21H28FN3O.ClH/c1-17-16-20(18-8-10-19(22)11-9-18)24-21(23-17)26-15-7-3-6-14-25-12-4-2-5-13-25;/h8-11,16H,2-7,12-15H2,1H3;1H. The van der Waals surface area contributed by atoms with Gasteiger partial charge in [0.25, 0.3) is 0 Å². The molecule has 3 rings (SSSR count). The number of likely N-dealkylation sites (tertiary alicyclic amines) is 1. The van der Waals surface area contributed by atoms with Crippen molar-refractivity contribution in [3.05, 3.63) is 41.8 Å². The first kappa shape index (κ1) is 21.6. The van der Waals surface area contributed by atoms with Crippen LogP contribution in [0.2, 0.25) is 0 Å². The van der Waals surface area contributed by atoms with E-state index in [-0.39, 0.29) is 18.2 Å². The summed E-state index contributed by atoms with van der Waals surface area (Å²) in [7, 11) is 0. The Hall–Kier alpha value is -1.72. The van der Waals surface area contributed by atoms with Gasteiger partial charge in [-0.1, -0.05) is 6.42 Å². The highest BCUT2D eigenvalue weighted by molar-refractivity contribution is 5.85. The molecule has 0 bridgehead atoms. The van der Waals surface area contributed by atoms with Gasteiger partial charge in [0.2, 0.25) is 0 Å². The number of benzene rings is 1. The molecule has 0 radical (unpaired) electrons. The molecule has 4 nitrogen and oxygen atoms in total. The molecule has 1 aliphatic heterocycles. The number of hydrogen-bond donors (Lipinski definition) is 0. The van der Waals surface area contributed by atoms with Crippen LogP contribution in [-0.2, 0) is 0 Å². The smallest absolute Gasteiger partial charge is 0.317 e. The molecule has 0 amide bonds. The van der Waals surface area contributed by atoms with Crippen LogP contribution in [-0.4, -0.2) is 41.1 Å². The summed E-state index contributed by atoms with van der Waals surface area (Å²) in [6.07, 6.45) is 7.48. The summed E-state index contributed by atoms with van der Waals surface area (Å²) >= 11 is 0. The Morgan fingerprint density at radius 1 is 1.00 bits per heavy atom. The summed E-state index contributed by atoms with van der Waals surface area (Å²) in [6.45, 7) is 6.28. The number of halogens is 2. The lowest BCUT2D eigenvalue weighted by Gasteiger charge is -2.26. The zero-order chi connectivity index (χ0) is 18.2. The van der Waals surface area contributed by atoms with Crippen molar-refractivity contribution >= 4 is 12.4 Å². The second-order valence-corrected chi connectivity index (χ2v) is 7.00. The molecule has 0 aliphatic carbocycles. The lowest BCUT2D eigenvalue weighted by molar-refractivity contribution is 0.219. The number of aryl methyl sites for hydroxylation is 1. The monoisotopic (exact) mass is 393 g/mol. The normalized spacial score (nSPS) is 14.6. The summed E-state index contributed by atoms with van der Waals surface area (Å²) in [5.74, 6) is -0.249. The number of hydrogen-bond acceptors (Lipinski definition) is 4. The van der Waals surface area contributed by atoms with E-state index in [9.17, 15) is 4.39 Å². The molecule has 0 spiro atoms. The van der Waals surface area contributed by atoms with E-state index in [4.69, 9.17) is 4.74 Å². The fourth-order valence-electron chi connectivity index (χ4n) is 3.34. The van der Waals surface area contributed by atoms with Gasteiger partial charge in [-0.25, -0.2) is 9.37 Å². The zero-order valence-electron chi connectivity index (χ0n) is 16.0.